The second-order valence-corrected chi connectivity index (χ2v) is 6.65. The van der Waals surface area contributed by atoms with Crippen LogP contribution in [0.5, 0.6) is 0 Å². The van der Waals surface area contributed by atoms with Crippen molar-refractivity contribution in [2.75, 3.05) is 0 Å². The third-order valence-corrected chi connectivity index (χ3v) is 3.73. The van der Waals surface area contributed by atoms with Crippen LogP contribution in [0.2, 0.25) is 0 Å². The summed E-state index contributed by atoms with van der Waals surface area (Å²) in [6, 6.07) is 17.7. The molecule has 0 amide bonds. The van der Waals surface area contributed by atoms with Gasteiger partial charge in [0.15, 0.2) is 0 Å². The van der Waals surface area contributed by atoms with Crippen molar-refractivity contribution in [1.82, 2.24) is 0 Å². The highest BCUT2D eigenvalue weighted by atomic mass is 14.6. The van der Waals surface area contributed by atoms with Gasteiger partial charge in [-0.2, -0.15) is 0 Å². The molecule has 0 aliphatic heterocycles. The van der Waals surface area contributed by atoms with E-state index >= 15 is 0 Å². The van der Waals surface area contributed by atoms with Crippen LogP contribution < -0.4 is 5.73 Å². The summed E-state index contributed by atoms with van der Waals surface area (Å²) in [7, 11) is 0. The van der Waals surface area contributed by atoms with E-state index < -0.39 is 0 Å². The molecular formula is C19H25N. The van der Waals surface area contributed by atoms with Crippen LogP contribution in [0.25, 0.3) is 0 Å². The van der Waals surface area contributed by atoms with Gasteiger partial charge in [-0.3, -0.25) is 0 Å². The summed E-state index contributed by atoms with van der Waals surface area (Å²) in [6.07, 6.45) is 0.976. The van der Waals surface area contributed by atoms with Gasteiger partial charge in [-0.15, -0.1) is 0 Å². The van der Waals surface area contributed by atoms with Crippen molar-refractivity contribution in [2.24, 2.45) is 5.73 Å². The maximum atomic E-state index is 5.87. The zero-order valence-corrected chi connectivity index (χ0v) is 13.0. The van der Waals surface area contributed by atoms with Gasteiger partial charge in [0.2, 0.25) is 0 Å². The molecule has 20 heavy (non-hydrogen) atoms. The second-order valence-electron chi connectivity index (χ2n) is 6.65. The van der Waals surface area contributed by atoms with Crippen LogP contribution >= 0.6 is 0 Å². The zero-order valence-electron chi connectivity index (χ0n) is 13.0. The van der Waals surface area contributed by atoms with E-state index in [9.17, 15) is 0 Å². The summed E-state index contributed by atoms with van der Waals surface area (Å²) in [4.78, 5) is 0. The van der Waals surface area contributed by atoms with Crippen LogP contribution in [0, 0.1) is 0 Å². The fourth-order valence-electron chi connectivity index (χ4n) is 2.30. The molecule has 0 aliphatic rings. The van der Waals surface area contributed by atoms with Crippen molar-refractivity contribution in [1.29, 1.82) is 0 Å². The molecule has 1 nitrogen and oxygen atoms in total. The molecule has 2 N–H and O–H groups in total. The molecule has 0 aliphatic carbocycles. The lowest BCUT2D eigenvalue weighted by Gasteiger charge is -2.19. The van der Waals surface area contributed by atoms with Gasteiger partial charge < -0.3 is 5.73 Å². The molecule has 0 aromatic heterocycles. The van der Waals surface area contributed by atoms with E-state index in [1.807, 2.05) is 6.92 Å². The molecule has 2 rings (SSSR count). The van der Waals surface area contributed by atoms with Gasteiger partial charge in [0.25, 0.3) is 0 Å². The maximum Gasteiger partial charge on any atom is 0.0266 e. The van der Waals surface area contributed by atoms with Gasteiger partial charge >= 0.3 is 0 Å². The van der Waals surface area contributed by atoms with Crippen LogP contribution in [-0.4, -0.2) is 0 Å². The first-order valence-electron chi connectivity index (χ1n) is 7.30. The Bertz CT molecular complexity index is 542. The zero-order chi connectivity index (χ0) is 14.8. The highest BCUT2D eigenvalue weighted by Crippen LogP contribution is 2.23. The quantitative estimate of drug-likeness (QED) is 0.864. The van der Waals surface area contributed by atoms with E-state index in [4.69, 9.17) is 5.73 Å². The van der Waals surface area contributed by atoms with Crippen molar-refractivity contribution in [3.05, 3.63) is 70.8 Å². The monoisotopic (exact) mass is 267 g/mol. The lowest BCUT2D eigenvalue weighted by Crippen LogP contribution is -2.10. The van der Waals surface area contributed by atoms with Crippen molar-refractivity contribution >= 4 is 0 Å². The summed E-state index contributed by atoms with van der Waals surface area (Å²) in [6.45, 7) is 8.75. The Labute approximate surface area is 122 Å². The molecule has 0 radical (unpaired) electrons. The van der Waals surface area contributed by atoms with Crippen LogP contribution in [0.3, 0.4) is 0 Å². The van der Waals surface area contributed by atoms with E-state index in [-0.39, 0.29) is 11.5 Å². The van der Waals surface area contributed by atoms with Gasteiger partial charge in [0.1, 0.15) is 0 Å². The minimum Gasteiger partial charge on any atom is -0.324 e. The summed E-state index contributed by atoms with van der Waals surface area (Å²) >= 11 is 0. The molecule has 106 valence electrons. The largest absolute Gasteiger partial charge is 0.324 e. The smallest absolute Gasteiger partial charge is 0.0266 e. The van der Waals surface area contributed by atoms with Gasteiger partial charge in [0.05, 0.1) is 0 Å². The van der Waals surface area contributed by atoms with Crippen LogP contribution in [-0.2, 0) is 11.8 Å². The molecule has 0 bridgehead atoms. The molecule has 0 saturated heterocycles. The highest BCUT2D eigenvalue weighted by Gasteiger charge is 2.12. The normalized spacial score (nSPS) is 13.2. The summed E-state index contributed by atoms with van der Waals surface area (Å²) in [5, 5.41) is 0. The van der Waals surface area contributed by atoms with Crippen molar-refractivity contribution in [3.63, 3.8) is 0 Å². The van der Waals surface area contributed by atoms with E-state index in [0.717, 1.165) is 6.42 Å². The van der Waals surface area contributed by atoms with Crippen LogP contribution in [0.15, 0.2) is 48.5 Å². The third-order valence-electron chi connectivity index (χ3n) is 3.73. The van der Waals surface area contributed by atoms with E-state index in [0.29, 0.717) is 0 Å². The van der Waals surface area contributed by atoms with E-state index in [1.54, 1.807) is 0 Å². The fourth-order valence-corrected chi connectivity index (χ4v) is 2.30. The van der Waals surface area contributed by atoms with Crippen molar-refractivity contribution in [2.45, 2.75) is 45.6 Å². The van der Waals surface area contributed by atoms with Gasteiger partial charge in [-0.05, 0) is 41.0 Å². The maximum absolute atomic E-state index is 5.87. The Morgan fingerprint density at radius 2 is 1.30 bits per heavy atom. The SMILES string of the molecule is CC(N)c1ccc(Cc2ccc(C(C)(C)C)cc2)cc1. The molecule has 1 atom stereocenters. The first-order chi connectivity index (χ1) is 9.36. The Kier molecular flexibility index (Phi) is 4.29. The van der Waals surface area contributed by atoms with E-state index in [2.05, 4.69) is 69.3 Å². The lowest BCUT2D eigenvalue weighted by atomic mass is 9.86. The average Bonchev–Trinajstić information content (AvgIpc) is 2.39. The molecule has 2 aromatic carbocycles. The summed E-state index contributed by atoms with van der Waals surface area (Å²) < 4.78 is 0. The fraction of sp³-hybridized carbons (Fsp3) is 0.368. The molecule has 0 heterocycles. The van der Waals surface area contributed by atoms with E-state index in [1.165, 1.54) is 22.3 Å². The lowest BCUT2D eigenvalue weighted by molar-refractivity contribution is 0.590. The Balaban J connectivity index is 2.10. The topological polar surface area (TPSA) is 26.0 Å². The third kappa shape index (κ3) is 3.71. The number of rotatable bonds is 3. The number of hydrogen-bond acceptors (Lipinski definition) is 1. The number of hydrogen-bond donors (Lipinski definition) is 1. The molecule has 0 spiro atoms. The standard InChI is InChI=1S/C19H25N/c1-14(20)17-9-5-15(6-10-17)13-16-7-11-18(12-8-16)19(2,3)4/h5-12,14H,13,20H2,1-4H3. The predicted octanol–water partition coefficient (Wildman–Crippen LogP) is 4.59. The number of benzene rings is 2. The molecule has 2 aromatic rings. The minimum absolute atomic E-state index is 0.107. The Morgan fingerprint density at radius 3 is 1.70 bits per heavy atom. The molecule has 1 heteroatoms. The van der Waals surface area contributed by atoms with Crippen molar-refractivity contribution in [3.8, 4) is 0 Å². The Morgan fingerprint density at radius 1 is 0.850 bits per heavy atom. The molecule has 1 unspecified atom stereocenters. The number of nitrogens with two attached hydrogens (primary N) is 1. The summed E-state index contributed by atoms with van der Waals surface area (Å²) in [5.74, 6) is 0. The predicted molar refractivity (Wildman–Crippen MR) is 87.0 cm³/mol. The van der Waals surface area contributed by atoms with Crippen LogP contribution in [0.1, 0.15) is 56.0 Å². The Hall–Kier alpha value is -1.60. The first-order valence-corrected chi connectivity index (χ1v) is 7.30. The van der Waals surface area contributed by atoms with Gasteiger partial charge in [-0.25, -0.2) is 0 Å². The first kappa shape index (κ1) is 14.8. The molecule has 0 fully saturated rings. The highest BCUT2D eigenvalue weighted by molar-refractivity contribution is 5.33. The minimum atomic E-state index is 0.107. The van der Waals surface area contributed by atoms with Gasteiger partial charge in [0, 0.05) is 6.04 Å². The molecular weight excluding hydrogens is 242 g/mol. The van der Waals surface area contributed by atoms with Crippen LogP contribution in [0.4, 0.5) is 0 Å². The average molecular weight is 267 g/mol. The molecule has 0 saturated carbocycles. The van der Waals surface area contributed by atoms with Gasteiger partial charge in [-0.1, -0.05) is 69.3 Å². The second kappa shape index (κ2) is 5.80. The summed E-state index contributed by atoms with van der Waals surface area (Å²) in [5.41, 5.74) is 11.4. The van der Waals surface area contributed by atoms with Crippen molar-refractivity contribution < 1.29 is 0 Å².